The number of aromatic nitrogens is 4. The largest absolute Gasteiger partial charge is 0.243 e. The molecule has 15 heavy (non-hydrogen) atoms. The van der Waals surface area contributed by atoms with Gasteiger partial charge in [0.05, 0.1) is 5.02 Å². The maximum Gasteiger partial charge on any atom is 0.243 e. The molecular weight excluding hydrogens is 246 g/mol. The van der Waals surface area contributed by atoms with Crippen LogP contribution in [0, 0.1) is 16.4 Å². The van der Waals surface area contributed by atoms with E-state index in [1.807, 2.05) is 0 Å². The highest BCUT2D eigenvalue weighted by atomic mass is 35.5. The second-order valence-corrected chi connectivity index (χ2v) is 3.41. The number of aromatic amines is 1. The number of tetrazole rings is 1. The molecular formula is C7H3ClF2N4S. The van der Waals surface area contributed by atoms with Crippen molar-refractivity contribution < 1.29 is 8.78 Å². The van der Waals surface area contributed by atoms with E-state index in [0.29, 0.717) is 6.07 Å². The fraction of sp³-hybridized carbons (Fsp3) is 0. The summed E-state index contributed by atoms with van der Waals surface area (Å²) in [5, 5.41) is 9.03. The van der Waals surface area contributed by atoms with Crippen LogP contribution in [0.1, 0.15) is 0 Å². The van der Waals surface area contributed by atoms with Gasteiger partial charge in [0.1, 0.15) is 11.5 Å². The minimum atomic E-state index is -0.845. The molecule has 0 fully saturated rings. The highest BCUT2D eigenvalue weighted by Crippen LogP contribution is 2.24. The van der Waals surface area contributed by atoms with Gasteiger partial charge >= 0.3 is 0 Å². The number of nitrogens with zero attached hydrogens (tertiary/aromatic N) is 3. The summed E-state index contributed by atoms with van der Waals surface area (Å²) in [6.07, 6.45) is 0. The Morgan fingerprint density at radius 2 is 2.13 bits per heavy atom. The quantitative estimate of drug-likeness (QED) is 0.788. The fourth-order valence-corrected chi connectivity index (χ4v) is 1.54. The predicted octanol–water partition coefficient (Wildman–Crippen LogP) is 2.26. The minimum Gasteiger partial charge on any atom is -0.207 e. The Kier molecular flexibility index (Phi) is 2.49. The van der Waals surface area contributed by atoms with Crippen LogP contribution in [0.25, 0.3) is 5.69 Å². The molecule has 0 spiro atoms. The zero-order chi connectivity index (χ0) is 11.0. The second-order valence-electron chi connectivity index (χ2n) is 2.64. The predicted molar refractivity (Wildman–Crippen MR) is 51.5 cm³/mol. The molecule has 0 bridgehead atoms. The number of rotatable bonds is 1. The van der Waals surface area contributed by atoms with E-state index >= 15 is 0 Å². The topological polar surface area (TPSA) is 46.5 Å². The van der Waals surface area contributed by atoms with Crippen LogP contribution in [0.3, 0.4) is 0 Å². The van der Waals surface area contributed by atoms with Crippen molar-refractivity contribution in [3.8, 4) is 5.69 Å². The first-order valence-corrected chi connectivity index (χ1v) is 4.53. The van der Waals surface area contributed by atoms with E-state index < -0.39 is 11.6 Å². The van der Waals surface area contributed by atoms with Gasteiger partial charge in [0.15, 0.2) is 5.82 Å². The maximum atomic E-state index is 13.4. The molecule has 1 N–H and O–H groups in total. The molecule has 2 aromatic rings. The molecule has 0 saturated heterocycles. The van der Waals surface area contributed by atoms with Gasteiger partial charge in [0.25, 0.3) is 0 Å². The van der Waals surface area contributed by atoms with Gasteiger partial charge in [-0.3, -0.25) is 0 Å². The van der Waals surface area contributed by atoms with Crippen LogP contribution in [-0.4, -0.2) is 20.2 Å². The van der Waals surface area contributed by atoms with Crippen molar-refractivity contribution in [3.63, 3.8) is 0 Å². The molecule has 0 unspecified atom stereocenters. The first kappa shape index (κ1) is 10.2. The van der Waals surface area contributed by atoms with E-state index in [4.69, 9.17) is 23.8 Å². The van der Waals surface area contributed by atoms with E-state index in [2.05, 4.69) is 15.5 Å². The lowest BCUT2D eigenvalue weighted by atomic mass is 10.3. The van der Waals surface area contributed by atoms with Gasteiger partial charge in [-0.25, -0.2) is 13.5 Å². The van der Waals surface area contributed by atoms with Crippen molar-refractivity contribution in [2.75, 3.05) is 0 Å². The van der Waals surface area contributed by atoms with E-state index in [9.17, 15) is 8.78 Å². The van der Waals surface area contributed by atoms with Crippen LogP contribution in [0.5, 0.6) is 0 Å². The fourth-order valence-electron chi connectivity index (χ4n) is 1.09. The molecule has 1 aromatic heterocycles. The van der Waals surface area contributed by atoms with E-state index in [1.54, 1.807) is 0 Å². The Morgan fingerprint density at radius 3 is 2.67 bits per heavy atom. The highest BCUT2D eigenvalue weighted by Gasteiger charge is 2.13. The number of H-pyrrole nitrogens is 1. The zero-order valence-corrected chi connectivity index (χ0v) is 8.61. The van der Waals surface area contributed by atoms with E-state index in [1.165, 1.54) is 0 Å². The Balaban J connectivity index is 2.74. The molecule has 1 aromatic carbocycles. The SMILES string of the molecule is Fc1cc(F)c(-n2[nH]nnc2=S)c(Cl)c1. The van der Waals surface area contributed by atoms with Crippen molar-refractivity contribution in [2.45, 2.75) is 0 Å². The Morgan fingerprint density at radius 1 is 1.40 bits per heavy atom. The summed E-state index contributed by atoms with van der Waals surface area (Å²) in [5.74, 6) is -1.61. The smallest absolute Gasteiger partial charge is 0.207 e. The molecule has 0 aliphatic rings. The summed E-state index contributed by atoms with van der Waals surface area (Å²) in [4.78, 5) is 0. The summed E-state index contributed by atoms with van der Waals surface area (Å²) in [5.41, 5.74) is -0.104. The minimum absolute atomic E-state index is 0.00223. The van der Waals surface area contributed by atoms with Gasteiger partial charge in [-0.05, 0) is 18.3 Å². The van der Waals surface area contributed by atoms with Crippen LogP contribution >= 0.6 is 23.8 Å². The molecule has 0 aliphatic heterocycles. The molecule has 78 valence electrons. The Bertz CT molecular complexity index is 541. The average molecular weight is 249 g/mol. The Labute approximate surface area is 92.5 Å². The van der Waals surface area contributed by atoms with Crippen molar-refractivity contribution in [1.29, 1.82) is 0 Å². The normalized spacial score (nSPS) is 10.6. The standard InChI is InChI=1S/C7H3ClF2N4S/c8-4-1-3(9)2-5(10)6(4)14-7(15)11-12-13-14/h1-2H,(H,11,13,15). The number of nitrogens with one attached hydrogen (secondary N) is 1. The van der Waals surface area contributed by atoms with Crippen LogP contribution < -0.4 is 0 Å². The summed E-state index contributed by atoms with van der Waals surface area (Å²) in [6.45, 7) is 0. The first-order valence-electron chi connectivity index (χ1n) is 3.74. The molecule has 4 nitrogen and oxygen atoms in total. The monoisotopic (exact) mass is 248 g/mol. The van der Waals surface area contributed by atoms with Gasteiger partial charge in [0, 0.05) is 6.07 Å². The van der Waals surface area contributed by atoms with Crippen molar-refractivity contribution in [1.82, 2.24) is 20.2 Å². The molecule has 0 saturated carbocycles. The second kappa shape index (κ2) is 3.67. The molecule has 2 rings (SSSR count). The van der Waals surface area contributed by atoms with Crippen LogP contribution in [0.2, 0.25) is 5.02 Å². The summed E-state index contributed by atoms with van der Waals surface area (Å²) < 4.78 is 27.2. The van der Waals surface area contributed by atoms with E-state index in [0.717, 1.165) is 10.7 Å². The van der Waals surface area contributed by atoms with Crippen molar-refractivity contribution in [3.05, 3.63) is 33.6 Å². The summed E-state index contributed by atoms with van der Waals surface area (Å²) in [7, 11) is 0. The lowest BCUT2D eigenvalue weighted by Crippen LogP contribution is -2.02. The van der Waals surface area contributed by atoms with Gasteiger partial charge in [-0.1, -0.05) is 21.9 Å². The number of halogens is 3. The van der Waals surface area contributed by atoms with Crippen molar-refractivity contribution in [2.24, 2.45) is 0 Å². The van der Waals surface area contributed by atoms with Gasteiger partial charge < -0.3 is 0 Å². The maximum absolute atomic E-state index is 13.4. The van der Waals surface area contributed by atoms with Crippen LogP contribution in [-0.2, 0) is 0 Å². The average Bonchev–Trinajstić information content (AvgIpc) is 2.50. The van der Waals surface area contributed by atoms with Gasteiger partial charge in [-0.2, -0.15) is 5.21 Å². The number of hydrogen-bond acceptors (Lipinski definition) is 3. The van der Waals surface area contributed by atoms with Crippen LogP contribution in [0.4, 0.5) is 8.78 Å². The van der Waals surface area contributed by atoms with Crippen molar-refractivity contribution >= 4 is 23.8 Å². The number of hydrogen-bond donors (Lipinski definition) is 1. The molecule has 8 heteroatoms. The number of benzene rings is 1. The van der Waals surface area contributed by atoms with Crippen LogP contribution in [0.15, 0.2) is 12.1 Å². The molecule has 0 amide bonds. The van der Waals surface area contributed by atoms with Gasteiger partial charge in [-0.15, -0.1) is 0 Å². The lowest BCUT2D eigenvalue weighted by Gasteiger charge is -2.04. The molecule has 0 atom stereocenters. The van der Waals surface area contributed by atoms with Gasteiger partial charge in [0.2, 0.25) is 4.77 Å². The summed E-state index contributed by atoms with van der Waals surface area (Å²) in [6, 6.07) is 1.67. The molecule has 0 aliphatic carbocycles. The summed E-state index contributed by atoms with van der Waals surface area (Å²) >= 11 is 10.4. The third-order valence-corrected chi connectivity index (χ3v) is 2.23. The molecule has 1 heterocycles. The first-order chi connectivity index (χ1) is 7.09. The van der Waals surface area contributed by atoms with E-state index in [-0.39, 0.29) is 15.5 Å². The zero-order valence-electron chi connectivity index (χ0n) is 7.04. The highest BCUT2D eigenvalue weighted by molar-refractivity contribution is 7.71. The molecule has 0 radical (unpaired) electrons. The third-order valence-electron chi connectivity index (χ3n) is 1.68. The Hall–Kier alpha value is -1.34. The third kappa shape index (κ3) is 1.75. The lowest BCUT2D eigenvalue weighted by molar-refractivity contribution is 0.571.